The van der Waals surface area contributed by atoms with Crippen molar-refractivity contribution in [2.75, 3.05) is 32.7 Å². The maximum atomic E-state index is 13.0. The summed E-state index contributed by atoms with van der Waals surface area (Å²) in [5.74, 6) is 1.61. The van der Waals surface area contributed by atoms with Crippen molar-refractivity contribution >= 4 is 17.0 Å². The van der Waals surface area contributed by atoms with Crippen LogP contribution in [0, 0.1) is 5.92 Å². The fraction of sp³-hybridized carbons (Fsp3) is 0.302. The molecule has 5 N–H and O–H groups in total. The number of benzene rings is 4. The molecule has 3 saturated heterocycles. The summed E-state index contributed by atoms with van der Waals surface area (Å²) >= 11 is 0. The second-order valence-electron chi connectivity index (χ2n) is 14.5. The van der Waals surface area contributed by atoms with Crippen molar-refractivity contribution in [3.05, 3.63) is 142 Å². The number of aromatic hydroxyl groups is 1. The van der Waals surface area contributed by atoms with Gasteiger partial charge < -0.3 is 39.8 Å². The molecule has 1 amide bonds. The average Bonchev–Trinajstić information content (AvgIpc) is 3.71. The zero-order valence-corrected chi connectivity index (χ0v) is 30.8. The highest BCUT2D eigenvalue weighted by molar-refractivity contribution is 5.87. The van der Waals surface area contributed by atoms with Crippen LogP contribution in [0.15, 0.2) is 112 Å². The Bertz CT molecular complexity index is 2340. The van der Waals surface area contributed by atoms with Crippen LogP contribution >= 0.6 is 0 Å². The standard InChI is InChI=1S/C43H44N6O7/c50-36-15-13-33(34-14-16-38(52)45-40(34)36)37(51)24-44-20-17-27-9-11-30(12-10-27)42-46-39(56-47-42)26-55-32-8-4-7-31(23-32)41(29-5-2-1-3-6-29)49(43(53)54)35-25-48-21-18-28(35)19-22-48/h1-16,23,28,35,37,41,44,50-51H,17-22,24-26H2,(H,45,52)(H,53,54)/t35-,37+,41?/m0/s1. The second-order valence-corrected chi connectivity index (χ2v) is 14.5. The average molecular weight is 757 g/mol. The Morgan fingerprint density at radius 1 is 0.982 bits per heavy atom. The molecule has 1 unspecified atom stereocenters. The molecule has 288 valence electrons. The number of hydrogen-bond donors (Lipinski definition) is 5. The first kappa shape index (κ1) is 36.9. The fourth-order valence-electron chi connectivity index (χ4n) is 8.14. The number of hydrogen-bond acceptors (Lipinski definition) is 10. The molecule has 3 fully saturated rings. The van der Waals surface area contributed by atoms with Gasteiger partial charge in [0, 0.05) is 30.1 Å². The summed E-state index contributed by atoms with van der Waals surface area (Å²) in [6, 6.07) is 30.7. The highest BCUT2D eigenvalue weighted by Gasteiger charge is 2.43. The quantitative estimate of drug-likeness (QED) is 0.0838. The van der Waals surface area contributed by atoms with E-state index in [-0.39, 0.29) is 24.0 Å². The van der Waals surface area contributed by atoms with Gasteiger partial charge in [0.1, 0.15) is 11.5 Å². The van der Waals surface area contributed by atoms with Crippen molar-refractivity contribution in [1.29, 1.82) is 0 Å². The molecule has 0 aliphatic carbocycles. The van der Waals surface area contributed by atoms with Gasteiger partial charge in [-0.2, -0.15) is 4.98 Å². The molecule has 5 heterocycles. The molecule has 0 saturated carbocycles. The Morgan fingerprint density at radius 3 is 2.52 bits per heavy atom. The van der Waals surface area contributed by atoms with Gasteiger partial charge in [-0.15, -0.1) is 0 Å². The molecule has 3 aliphatic rings. The van der Waals surface area contributed by atoms with Crippen LogP contribution in [0.3, 0.4) is 0 Å². The lowest BCUT2D eigenvalue weighted by atomic mass is 9.81. The molecule has 56 heavy (non-hydrogen) atoms. The van der Waals surface area contributed by atoms with Crippen molar-refractivity contribution in [1.82, 2.24) is 30.2 Å². The topological polar surface area (TPSA) is 177 Å². The summed E-state index contributed by atoms with van der Waals surface area (Å²) in [6.07, 6.45) is 0.973. The number of aliphatic hydroxyl groups is 1. The number of amides is 1. The number of ether oxygens (including phenoxy) is 1. The van der Waals surface area contributed by atoms with Crippen molar-refractivity contribution in [2.45, 2.75) is 44.1 Å². The van der Waals surface area contributed by atoms with Crippen LogP contribution < -0.4 is 15.6 Å². The zero-order chi connectivity index (χ0) is 38.6. The molecule has 2 bridgehead atoms. The Kier molecular flexibility index (Phi) is 10.8. The minimum atomic E-state index is -0.927. The number of piperidine rings is 3. The lowest BCUT2D eigenvalue weighted by Crippen LogP contribution is -2.59. The van der Waals surface area contributed by atoms with E-state index in [0.29, 0.717) is 52.9 Å². The van der Waals surface area contributed by atoms with E-state index in [0.717, 1.165) is 61.2 Å². The first-order chi connectivity index (χ1) is 27.3. The summed E-state index contributed by atoms with van der Waals surface area (Å²) in [7, 11) is 0. The molecule has 0 spiro atoms. The lowest BCUT2D eigenvalue weighted by molar-refractivity contribution is -0.000814. The third-order valence-electron chi connectivity index (χ3n) is 11.0. The number of fused-ring (bicyclic) bond motifs is 4. The maximum Gasteiger partial charge on any atom is 0.408 e. The molecule has 6 aromatic rings. The van der Waals surface area contributed by atoms with Crippen molar-refractivity contribution in [3.8, 4) is 22.9 Å². The fourth-order valence-corrected chi connectivity index (χ4v) is 8.14. The number of phenols is 1. The summed E-state index contributed by atoms with van der Waals surface area (Å²) in [5, 5.41) is 39.6. The van der Waals surface area contributed by atoms with Gasteiger partial charge in [0.25, 0.3) is 5.89 Å². The van der Waals surface area contributed by atoms with Gasteiger partial charge in [-0.3, -0.25) is 9.69 Å². The van der Waals surface area contributed by atoms with E-state index in [1.807, 2.05) is 78.9 Å². The smallest absolute Gasteiger partial charge is 0.408 e. The van der Waals surface area contributed by atoms with E-state index in [4.69, 9.17) is 9.26 Å². The van der Waals surface area contributed by atoms with Gasteiger partial charge in [0.2, 0.25) is 11.4 Å². The third-order valence-corrected chi connectivity index (χ3v) is 11.0. The Morgan fingerprint density at radius 2 is 1.77 bits per heavy atom. The van der Waals surface area contributed by atoms with Gasteiger partial charge in [0.15, 0.2) is 6.61 Å². The number of carbonyl (C=O) groups is 1. The number of nitrogens with zero attached hydrogens (tertiary/aromatic N) is 4. The SMILES string of the molecule is O=C(O)N(C(c1ccccc1)c1cccc(OCc2nc(-c3ccc(CCNC[C@@H](O)c4ccc(O)c5[nH]c(=O)ccc45)cc3)no2)c1)[C@H]1CN2CCC1CC2. The van der Waals surface area contributed by atoms with Crippen LogP contribution in [-0.2, 0) is 13.0 Å². The highest BCUT2D eigenvalue weighted by atomic mass is 16.5. The van der Waals surface area contributed by atoms with Crippen molar-refractivity contribution < 1.29 is 29.4 Å². The predicted molar refractivity (Wildman–Crippen MR) is 209 cm³/mol. The van der Waals surface area contributed by atoms with Crippen LogP contribution in [0.4, 0.5) is 4.79 Å². The molecule has 3 aliphatic heterocycles. The van der Waals surface area contributed by atoms with Gasteiger partial charge in [-0.1, -0.05) is 78.0 Å². The largest absolute Gasteiger partial charge is 0.506 e. The number of rotatable bonds is 14. The monoisotopic (exact) mass is 756 g/mol. The van der Waals surface area contributed by atoms with E-state index in [9.17, 15) is 24.9 Å². The van der Waals surface area contributed by atoms with Gasteiger partial charge >= 0.3 is 6.09 Å². The Balaban J connectivity index is 0.877. The number of H-pyrrole nitrogens is 1. The highest BCUT2D eigenvalue weighted by Crippen LogP contribution is 2.39. The van der Waals surface area contributed by atoms with E-state index in [1.54, 1.807) is 17.0 Å². The number of pyridine rings is 1. The van der Waals surface area contributed by atoms with Crippen molar-refractivity contribution in [3.63, 3.8) is 0 Å². The van der Waals surface area contributed by atoms with E-state index in [2.05, 4.69) is 25.3 Å². The van der Waals surface area contributed by atoms with Crippen LogP contribution in [-0.4, -0.2) is 85.1 Å². The summed E-state index contributed by atoms with van der Waals surface area (Å²) in [5.41, 5.74) is 4.20. The molecule has 0 radical (unpaired) electrons. The first-order valence-electron chi connectivity index (χ1n) is 19.0. The maximum absolute atomic E-state index is 13.0. The third kappa shape index (κ3) is 8.01. The number of aliphatic hydroxyl groups excluding tert-OH is 1. The lowest BCUT2D eigenvalue weighted by Gasteiger charge is -2.50. The van der Waals surface area contributed by atoms with Gasteiger partial charge in [-0.05, 0) is 91.3 Å². The summed E-state index contributed by atoms with van der Waals surface area (Å²) in [4.78, 5) is 35.9. The van der Waals surface area contributed by atoms with Gasteiger partial charge in [0.05, 0.1) is 23.7 Å². The molecule has 13 nitrogen and oxygen atoms in total. The number of aromatic amines is 1. The molecule has 13 heteroatoms. The van der Waals surface area contributed by atoms with Crippen LogP contribution in [0.5, 0.6) is 11.5 Å². The molecular weight excluding hydrogens is 713 g/mol. The minimum absolute atomic E-state index is 0.0439. The van der Waals surface area contributed by atoms with Gasteiger partial charge in [-0.25, -0.2) is 4.79 Å². The van der Waals surface area contributed by atoms with E-state index >= 15 is 0 Å². The van der Waals surface area contributed by atoms with Crippen LogP contribution in [0.2, 0.25) is 0 Å². The van der Waals surface area contributed by atoms with E-state index < -0.39 is 18.2 Å². The molecule has 2 aromatic heterocycles. The molecular formula is C43H44N6O7. The molecule has 4 aromatic carbocycles. The molecule has 9 rings (SSSR count). The summed E-state index contributed by atoms with van der Waals surface area (Å²) in [6.45, 7) is 3.75. The van der Waals surface area contributed by atoms with Crippen molar-refractivity contribution in [2.24, 2.45) is 5.92 Å². The predicted octanol–water partition coefficient (Wildman–Crippen LogP) is 5.89. The van der Waals surface area contributed by atoms with E-state index in [1.165, 1.54) is 12.1 Å². The summed E-state index contributed by atoms with van der Waals surface area (Å²) < 4.78 is 11.7. The minimum Gasteiger partial charge on any atom is -0.506 e. The number of phenolic OH excluding ortho intramolecular Hbond substituents is 1. The Labute approximate surface area is 323 Å². The second kappa shape index (κ2) is 16.4. The number of aromatic nitrogens is 3. The van der Waals surface area contributed by atoms with Crippen LogP contribution in [0.1, 0.15) is 53.1 Å². The van der Waals surface area contributed by atoms with Crippen LogP contribution in [0.25, 0.3) is 22.3 Å². The first-order valence-corrected chi connectivity index (χ1v) is 19.0. The number of carboxylic acid groups (broad SMARTS) is 1. The normalized spacial score (nSPS) is 18.8. The zero-order valence-electron chi connectivity index (χ0n) is 30.8. The molecule has 3 atom stereocenters. The number of nitrogens with one attached hydrogen (secondary N) is 2. The Hall–Kier alpha value is -6.02.